The molecule has 1 unspecified atom stereocenters. The molecular formula is C22H24N2O4. The van der Waals surface area contributed by atoms with Crippen LogP contribution in [0.4, 0.5) is 0 Å². The van der Waals surface area contributed by atoms with Crippen LogP contribution in [0, 0.1) is 24.7 Å². The van der Waals surface area contributed by atoms with Crippen LogP contribution in [-0.4, -0.2) is 42.0 Å². The summed E-state index contributed by atoms with van der Waals surface area (Å²) in [6.45, 7) is 3.38. The van der Waals surface area contributed by atoms with Gasteiger partial charge in [0.15, 0.2) is 5.78 Å². The Morgan fingerprint density at radius 1 is 1.25 bits per heavy atom. The number of pyridine rings is 1. The van der Waals surface area contributed by atoms with Crippen molar-refractivity contribution in [1.29, 1.82) is 0 Å². The molecule has 0 bridgehead atoms. The molecular weight excluding hydrogens is 356 g/mol. The van der Waals surface area contributed by atoms with Crippen LogP contribution in [0.5, 0.6) is 0 Å². The van der Waals surface area contributed by atoms with E-state index in [1.807, 2.05) is 31.2 Å². The van der Waals surface area contributed by atoms with E-state index in [0.717, 1.165) is 18.8 Å². The number of carbonyl (C=O) groups excluding carboxylic acids is 2. The number of ketones is 1. The van der Waals surface area contributed by atoms with Gasteiger partial charge in [-0.3, -0.25) is 9.59 Å². The van der Waals surface area contributed by atoms with Gasteiger partial charge in [0.25, 0.3) is 5.91 Å². The lowest BCUT2D eigenvalue weighted by atomic mass is 9.97. The van der Waals surface area contributed by atoms with E-state index in [1.54, 1.807) is 6.07 Å². The van der Waals surface area contributed by atoms with Gasteiger partial charge < -0.3 is 15.2 Å². The molecule has 0 spiro atoms. The van der Waals surface area contributed by atoms with Crippen molar-refractivity contribution in [2.24, 2.45) is 17.8 Å². The van der Waals surface area contributed by atoms with E-state index in [1.165, 1.54) is 13.1 Å². The Labute approximate surface area is 163 Å². The Balaban J connectivity index is 1.64. The molecule has 1 aliphatic heterocycles. The molecule has 2 aromatic rings. The fourth-order valence-electron chi connectivity index (χ4n) is 4.14. The van der Waals surface area contributed by atoms with Crippen molar-refractivity contribution in [2.75, 3.05) is 20.3 Å². The lowest BCUT2D eigenvalue weighted by Gasteiger charge is -2.15. The van der Waals surface area contributed by atoms with E-state index in [4.69, 9.17) is 4.74 Å². The molecule has 1 saturated carbocycles. The molecule has 0 radical (unpaired) electrons. The van der Waals surface area contributed by atoms with Crippen LogP contribution in [0.25, 0.3) is 0 Å². The smallest absolute Gasteiger partial charge is 0.269 e. The SMILES string of the molecule is CNC(=O)c1cc(C(=O)CC2[C@H]3COC[C@@H]23)cc([C@H](O)c2ccccc2C)n1. The minimum absolute atomic E-state index is 0.0230. The van der Waals surface area contributed by atoms with Gasteiger partial charge in [0.05, 0.1) is 18.9 Å². The summed E-state index contributed by atoms with van der Waals surface area (Å²) < 4.78 is 5.39. The van der Waals surface area contributed by atoms with Gasteiger partial charge in [-0.15, -0.1) is 0 Å². The Morgan fingerprint density at radius 3 is 2.64 bits per heavy atom. The standard InChI is InChI=1S/C22H24N2O4/c1-12-5-3-4-6-14(12)21(26)18-7-13(8-19(24-18)22(27)23-2)20(25)9-15-16-10-28-11-17(15)16/h3-8,15-17,21,26H,9-11H2,1-2H3,(H,23,27)/t15?,16-,17+,21-/m1/s1. The molecule has 2 fully saturated rings. The van der Waals surface area contributed by atoms with Crippen LogP contribution in [0.3, 0.4) is 0 Å². The number of Topliss-reactive ketones (excluding diaryl/α,β-unsaturated/α-hetero) is 1. The highest BCUT2D eigenvalue weighted by molar-refractivity contribution is 6.00. The third kappa shape index (κ3) is 3.45. The first-order chi connectivity index (χ1) is 13.5. The molecule has 1 aromatic carbocycles. The predicted molar refractivity (Wildman–Crippen MR) is 103 cm³/mol. The highest BCUT2D eigenvalue weighted by Gasteiger charge is 2.54. The Hall–Kier alpha value is -2.57. The summed E-state index contributed by atoms with van der Waals surface area (Å²) in [5.41, 5.74) is 2.48. The third-order valence-corrected chi connectivity index (χ3v) is 5.94. The summed E-state index contributed by atoms with van der Waals surface area (Å²) in [4.78, 5) is 29.4. The number of aliphatic hydroxyl groups is 1. The van der Waals surface area contributed by atoms with E-state index < -0.39 is 6.10 Å². The number of hydrogen-bond donors (Lipinski definition) is 2. The molecule has 1 aromatic heterocycles. The lowest BCUT2D eigenvalue weighted by molar-refractivity contribution is 0.0950. The minimum Gasteiger partial charge on any atom is -0.382 e. The number of fused-ring (bicyclic) bond motifs is 1. The maximum Gasteiger partial charge on any atom is 0.269 e. The third-order valence-electron chi connectivity index (χ3n) is 5.94. The topological polar surface area (TPSA) is 88.5 Å². The quantitative estimate of drug-likeness (QED) is 0.751. The number of benzene rings is 1. The summed E-state index contributed by atoms with van der Waals surface area (Å²) in [6.07, 6.45) is -0.568. The number of hydrogen-bond acceptors (Lipinski definition) is 5. The Morgan fingerprint density at radius 2 is 1.96 bits per heavy atom. The fourth-order valence-corrected chi connectivity index (χ4v) is 4.14. The summed E-state index contributed by atoms with van der Waals surface area (Å²) in [5.74, 6) is 0.930. The average Bonchev–Trinajstić information content (AvgIpc) is 3.13. The molecule has 6 heteroatoms. The molecule has 4 rings (SSSR count). The molecule has 1 amide bonds. The van der Waals surface area contributed by atoms with Crippen LogP contribution in [0.15, 0.2) is 36.4 Å². The van der Waals surface area contributed by atoms with Crippen molar-refractivity contribution in [1.82, 2.24) is 10.3 Å². The Kier molecular flexibility index (Phi) is 5.00. The van der Waals surface area contributed by atoms with Crippen LogP contribution >= 0.6 is 0 Å². The number of ether oxygens (including phenoxy) is 1. The van der Waals surface area contributed by atoms with Gasteiger partial charge in [-0.1, -0.05) is 24.3 Å². The van der Waals surface area contributed by atoms with Crippen molar-refractivity contribution in [3.05, 3.63) is 64.5 Å². The molecule has 1 saturated heterocycles. The molecule has 2 aliphatic rings. The first-order valence-electron chi connectivity index (χ1n) is 9.58. The first-order valence-corrected chi connectivity index (χ1v) is 9.58. The van der Waals surface area contributed by atoms with Crippen molar-refractivity contribution in [3.8, 4) is 0 Å². The maximum absolute atomic E-state index is 12.9. The second-order valence-electron chi connectivity index (χ2n) is 7.66. The zero-order chi connectivity index (χ0) is 19.8. The number of aliphatic hydroxyl groups excluding tert-OH is 1. The number of aryl methyl sites for hydroxylation is 1. The number of aromatic nitrogens is 1. The average molecular weight is 380 g/mol. The van der Waals surface area contributed by atoms with E-state index in [2.05, 4.69) is 10.3 Å². The largest absolute Gasteiger partial charge is 0.382 e. The highest BCUT2D eigenvalue weighted by Crippen LogP contribution is 2.53. The molecule has 2 heterocycles. The molecule has 4 atom stereocenters. The van der Waals surface area contributed by atoms with Crippen LogP contribution in [-0.2, 0) is 4.74 Å². The van der Waals surface area contributed by atoms with Crippen LogP contribution < -0.4 is 5.32 Å². The number of carbonyl (C=O) groups is 2. The zero-order valence-electron chi connectivity index (χ0n) is 16.0. The monoisotopic (exact) mass is 380 g/mol. The second-order valence-corrected chi connectivity index (χ2v) is 7.66. The molecule has 146 valence electrons. The fraction of sp³-hybridized carbons (Fsp3) is 0.409. The van der Waals surface area contributed by atoms with Crippen molar-refractivity contribution < 1.29 is 19.4 Å². The summed E-state index contributed by atoms with van der Waals surface area (Å²) in [6, 6.07) is 10.6. The van der Waals surface area contributed by atoms with Crippen molar-refractivity contribution >= 4 is 11.7 Å². The second kappa shape index (κ2) is 7.45. The number of rotatable bonds is 6. The number of nitrogens with zero attached hydrogens (tertiary/aromatic N) is 1. The molecule has 28 heavy (non-hydrogen) atoms. The van der Waals surface area contributed by atoms with Gasteiger partial charge in [0, 0.05) is 19.0 Å². The Bertz CT molecular complexity index is 917. The normalized spacial score (nSPS) is 23.8. The summed E-state index contributed by atoms with van der Waals surface area (Å²) in [7, 11) is 1.52. The van der Waals surface area contributed by atoms with Gasteiger partial charge in [-0.2, -0.15) is 0 Å². The van der Waals surface area contributed by atoms with E-state index in [0.29, 0.717) is 41.0 Å². The molecule has 6 nitrogen and oxygen atoms in total. The van der Waals surface area contributed by atoms with Gasteiger partial charge in [-0.25, -0.2) is 4.98 Å². The van der Waals surface area contributed by atoms with E-state index >= 15 is 0 Å². The van der Waals surface area contributed by atoms with Crippen LogP contribution in [0.2, 0.25) is 0 Å². The van der Waals surface area contributed by atoms with Gasteiger partial charge in [0.1, 0.15) is 11.8 Å². The molecule has 2 N–H and O–H groups in total. The number of nitrogens with one attached hydrogen (secondary N) is 1. The summed E-state index contributed by atoms with van der Waals surface area (Å²) >= 11 is 0. The van der Waals surface area contributed by atoms with Gasteiger partial charge in [0.2, 0.25) is 0 Å². The van der Waals surface area contributed by atoms with Gasteiger partial charge >= 0.3 is 0 Å². The zero-order valence-corrected chi connectivity index (χ0v) is 16.0. The van der Waals surface area contributed by atoms with Crippen LogP contribution in [0.1, 0.15) is 50.2 Å². The number of amides is 1. The van der Waals surface area contributed by atoms with Crippen molar-refractivity contribution in [3.63, 3.8) is 0 Å². The van der Waals surface area contributed by atoms with E-state index in [-0.39, 0.29) is 17.4 Å². The maximum atomic E-state index is 12.9. The van der Waals surface area contributed by atoms with E-state index in [9.17, 15) is 14.7 Å². The van der Waals surface area contributed by atoms with Crippen molar-refractivity contribution in [2.45, 2.75) is 19.4 Å². The first kappa shape index (κ1) is 18.8. The van der Waals surface area contributed by atoms with Gasteiger partial charge in [-0.05, 0) is 47.9 Å². The predicted octanol–water partition coefficient (Wildman–Crippen LogP) is 2.30. The summed E-state index contributed by atoms with van der Waals surface area (Å²) in [5, 5.41) is 13.4. The minimum atomic E-state index is -1.01. The molecule has 1 aliphatic carbocycles. The lowest BCUT2D eigenvalue weighted by Crippen LogP contribution is -2.21. The highest BCUT2D eigenvalue weighted by atomic mass is 16.5.